The molecule has 1 N–H and O–H groups in total. The van der Waals surface area contributed by atoms with Crippen LogP contribution in [0.5, 0.6) is 0 Å². The lowest BCUT2D eigenvalue weighted by Gasteiger charge is -2.00. The summed E-state index contributed by atoms with van der Waals surface area (Å²) in [4.78, 5) is 19.5. The van der Waals surface area contributed by atoms with Gasteiger partial charge in [0, 0.05) is 11.6 Å². The quantitative estimate of drug-likeness (QED) is 0.613. The molecule has 1 saturated carbocycles. The molecule has 5 rings (SSSR count). The third-order valence-electron chi connectivity index (χ3n) is 4.07. The van der Waals surface area contributed by atoms with Gasteiger partial charge in [0.2, 0.25) is 0 Å². The van der Waals surface area contributed by atoms with Crippen molar-refractivity contribution in [3.8, 4) is 11.4 Å². The monoisotopic (exact) mass is 326 g/mol. The zero-order valence-corrected chi connectivity index (χ0v) is 12.7. The number of nitrogens with one attached hydrogen (secondary N) is 1. The van der Waals surface area contributed by atoms with Crippen molar-refractivity contribution in [2.45, 2.75) is 18.9 Å². The molecule has 4 aromatic rings. The van der Waals surface area contributed by atoms with Gasteiger partial charge < -0.3 is 4.98 Å². The van der Waals surface area contributed by atoms with Gasteiger partial charge in [0.1, 0.15) is 0 Å². The summed E-state index contributed by atoms with van der Waals surface area (Å²) in [7, 11) is 0. The smallest absolute Gasteiger partial charge is 0.304 e. The van der Waals surface area contributed by atoms with Gasteiger partial charge in [0.25, 0.3) is 0 Å². The van der Waals surface area contributed by atoms with E-state index in [0.29, 0.717) is 28.1 Å². The summed E-state index contributed by atoms with van der Waals surface area (Å²) in [5.41, 5.74) is 1.49. The molecule has 3 heterocycles. The molecular formula is C15H11ClN6O. The second kappa shape index (κ2) is 4.42. The summed E-state index contributed by atoms with van der Waals surface area (Å²) in [6, 6.07) is 5.90. The van der Waals surface area contributed by atoms with Crippen LogP contribution >= 0.6 is 11.6 Å². The minimum atomic E-state index is -0.367. The van der Waals surface area contributed by atoms with E-state index in [4.69, 9.17) is 11.6 Å². The maximum atomic E-state index is 12.2. The molecule has 0 bridgehead atoms. The van der Waals surface area contributed by atoms with Gasteiger partial charge in [-0.1, -0.05) is 17.7 Å². The molecule has 0 radical (unpaired) electrons. The zero-order chi connectivity index (χ0) is 15.6. The average Bonchev–Trinajstić information content (AvgIpc) is 3.11. The van der Waals surface area contributed by atoms with Crippen LogP contribution in [-0.4, -0.2) is 29.4 Å². The van der Waals surface area contributed by atoms with E-state index < -0.39 is 0 Å². The Morgan fingerprint density at radius 2 is 2.17 bits per heavy atom. The Kier molecular flexibility index (Phi) is 2.47. The van der Waals surface area contributed by atoms with Gasteiger partial charge in [-0.25, -0.2) is 9.78 Å². The SMILES string of the molecule is O=c1[nH]c2c(Cl)cccc2c2nc(-c3cnn(C4CC4)c3)nn12. The van der Waals surface area contributed by atoms with Crippen molar-refractivity contribution in [1.29, 1.82) is 0 Å². The minimum absolute atomic E-state index is 0.367. The van der Waals surface area contributed by atoms with E-state index in [9.17, 15) is 4.79 Å². The van der Waals surface area contributed by atoms with Crippen LogP contribution < -0.4 is 5.69 Å². The zero-order valence-electron chi connectivity index (χ0n) is 11.9. The Hall–Kier alpha value is -2.67. The second-order valence-corrected chi connectivity index (χ2v) is 6.11. The van der Waals surface area contributed by atoms with E-state index in [1.807, 2.05) is 23.0 Å². The van der Waals surface area contributed by atoms with Crippen molar-refractivity contribution in [1.82, 2.24) is 29.4 Å². The molecule has 0 spiro atoms. The summed E-state index contributed by atoms with van der Waals surface area (Å²) in [6.45, 7) is 0. The van der Waals surface area contributed by atoms with E-state index >= 15 is 0 Å². The molecule has 1 aromatic carbocycles. The highest BCUT2D eigenvalue weighted by Gasteiger charge is 2.25. The van der Waals surface area contributed by atoms with Crippen LogP contribution in [0.1, 0.15) is 18.9 Å². The maximum absolute atomic E-state index is 12.2. The molecule has 0 aliphatic heterocycles. The minimum Gasteiger partial charge on any atom is -0.304 e. The molecule has 7 nitrogen and oxygen atoms in total. The number of para-hydroxylation sites is 1. The third kappa shape index (κ3) is 1.90. The predicted molar refractivity (Wildman–Crippen MR) is 85.6 cm³/mol. The number of hydrogen-bond donors (Lipinski definition) is 1. The van der Waals surface area contributed by atoms with Crippen LogP contribution in [0, 0.1) is 0 Å². The normalized spacial score (nSPS) is 14.8. The largest absolute Gasteiger partial charge is 0.348 e. The summed E-state index contributed by atoms with van der Waals surface area (Å²) >= 11 is 6.16. The van der Waals surface area contributed by atoms with Crippen molar-refractivity contribution < 1.29 is 0 Å². The Bertz CT molecular complexity index is 1120. The van der Waals surface area contributed by atoms with Crippen LogP contribution in [0.2, 0.25) is 5.02 Å². The number of halogens is 1. The lowest BCUT2D eigenvalue weighted by atomic mass is 10.2. The maximum Gasteiger partial charge on any atom is 0.348 e. The fourth-order valence-corrected chi connectivity index (χ4v) is 2.96. The first-order valence-corrected chi connectivity index (χ1v) is 7.70. The van der Waals surface area contributed by atoms with E-state index in [2.05, 4.69) is 20.2 Å². The highest BCUT2D eigenvalue weighted by molar-refractivity contribution is 6.35. The van der Waals surface area contributed by atoms with E-state index in [-0.39, 0.29) is 5.69 Å². The molecule has 1 aliphatic rings. The molecule has 1 fully saturated rings. The average molecular weight is 327 g/mol. The Balaban J connectivity index is 1.77. The van der Waals surface area contributed by atoms with Crippen LogP contribution in [0.3, 0.4) is 0 Å². The second-order valence-electron chi connectivity index (χ2n) is 5.70. The van der Waals surface area contributed by atoms with E-state index in [1.54, 1.807) is 12.3 Å². The van der Waals surface area contributed by atoms with Crippen molar-refractivity contribution in [3.63, 3.8) is 0 Å². The van der Waals surface area contributed by atoms with Gasteiger partial charge in [-0.15, -0.1) is 5.10 Å². The number of aromatic nitrogens is 6. The van der Waals surface area contributed by atoms with Crippen LogP contribution in [-0.2, 0) is 0 Å². The van der Waals surface area contributed by atoms with Crippen molar-refractivity contribution in [2.75, 3.05) is 0 Å². The van der Waals surface area contributed by atoms with E-state index in [0.717, 1.165) is 23.8 Å². The first kappa shape index (κ1) is 12.8. The number of benzene rings is 1. The van der Waals surface area contributed by atoms with Crippen LogP contribution in [0.15, 0.2) is 35.4 Å². The number of fused-ring (bicyclic) bond motifs is 3. The van der Waals surface area contributed by atoms with Crippen LogP contribution in [0.25, 0.3) is 27.9 Å². The summed E-state index contributed by atoms with van der Waals surface area (Å²) in [5, 5.41) is 9.90. The molecule has 3 aromatic heterocycles. The van der Waals surface area contributed by atoms with Gasteiger partial charge in [-0.2, -0.15) is 9.61 Å². The third-order valence-corrected chi connectivity index (χ3v) is 4.38. The summed E-state index contributed by atoms with van der Waals surface area (Å²) in [6.07, 6.45) is 5.97. The molecule has 1 aliphatic carbocycles. The van der Waals surface area contributed by atoms with Gasteiger partial charge in [0.05, 0.1) is 28.3 Å². The van der Waals surface area contributed by atoms with Crippen molar-refractivity contribution >= 4 is 28.2 Å². The first-order chi connectivity index (χ1) is 11.2. The molecule has 0 unspecified atom stereocenters. The number of rotatable bonds is 2. The summed E-state index contributed by atoms with van der Waals surface area (Å²) < 4.78 is 3.20. The van der Waals surface area contributed by atoms with Gasteiger partial charge >= 0.3 is 5.69 Å². The fraction of sp³-hybridized carbons (Fsp3) is 0.200. The van der Waals surface area contributed by atoms with Gasteiger partial charge in [-0.05, 0) is 25.0 Å². The topological polar surface area (TPSA) is 80.9 Å². The molecule has 0 saturated heterocycles. The van der Waals surface area contributed by atoms with Gasteiger partial charge in [0.15, 0.2) is 11.5 Å². The molecular weight excluding hydrogens is 316 g/mol. The summed E-state index contributed by atoms with van der Waals surface area (Å²) in [5.74, 6) is 0.481. The Morgan fingerprint density at radius 1 is 1.30 bits per heavy atom. The first-order valence-electron chi connectivity index (χ1n) is 7.32. The highest BCUT2D eigenvalue weighted by atomic mass is 35.5. The van der Waals surface area contributed by atoms with Crippen LogP contribution in [0.4, 0.5) is 0 Å². The molecule has 8 heteroatoms. The Labute approximate surface area is 134 Å². The van der Waals surface area contributed by atoms with E-state index in [1.165, 1.54) is 4.52 Å². The molecule has 23 heavy (non-hydrogen) atoms. The molecule has 0 atom stereocenters. The van der Waals surface area contributed by atoms with Gasteiger partial charge in [-0.3, -0.25) is 4.68 Å². The molecule has 114 valence electrons. The standard InChI is InChI=1S/C15H11ClN6O/c16-11-3-1-2-10-12(11)18-15(23)22-14(10)19-13(20-22)8-6-17-21(7-8)9-4-5-9/h1-3,6-7,9H,4-5H2,(H,18,23). The lowest BCUT2D eigenvalue weighted by molar-refractivity contribution is 0.641. The lowest BCUT2D eigenvalue weighted by Crippen LogP contribution is -2.17. The number of H-pyrrole nitrogens is 1. The Morgan fingerprint density at radius 3 is 3.00 bits per heavy atom. The number of hydrogen-bond acceptors (Lipinski definition) is 4. The van der Waals surface area contributed by atoms with Crippen molar-refractivity contribution in [2.24, 2.45) is 0 Å². The molecule has 0 amide bonds. The van der Waals surface area contributed by atoms with Crippen molar-refractivity contribution in [3.05, 3.63) is 46.1 Å². The number of aromatic amines is 1. The fourth-order valence-electron chi connectivity index (χ4n) is 2.74. The number of nitrogens with zero attached hydrogens (tertiary/aromatic N) is 5. The predicted octanol–water partition coefficient (Wildman–Crippen LogP) is 2.42. The highest BCUT2D eigenvalue weighted by Crippen LogP contribution is 2.35.